The minimum absolute atomic E-state index is 0.0988. The van der Waals surface area contributed by atoms with Gasteiger partial charge in [-0.1, -0.05) is 55.5 Å². The number of hydrogen-bond donors (Lipinski definition) is 2. The molecule has 2 amide bonds. The maximum atomic E-state index is 13.7. The summed E-state index contributed by atoms with van der Waals surface area (Å²) in [6.45, 7) is 0.436. The van der Waals surface area contributed by atoms with Crippen molar-refractivity contribution in [2.75, 3.05) is 19.7 Å². The fourth-order valence-electron chi connectivity index (χ4n) is 4.53. The third-order valence-corrected chi connectivity index (χ3v) is 6.16. The van der Waals surface area contributed by atoms with Crippen LogP contribution in [0.25, 0.3) is 11.1 Å². The number of amides is 2. The Morgan fingerprint density at radius 3 is 2.27 bits per heavy atom. The highest BCUT2D eigenvalue weighted by molar-refractivity contribution is 5.86. The smallest absolute Gasteiger partial charge is 0.407 e. The summed E-state index contributed by atoms with van der Waals surface area (Å²) in [7, 11) is 0. The van der Waals surface area contributed by atoms with Crippen LogP contribution in [0, 0.1) is 5.92 Å². The van der Waals surface area contributed by atoms with Gasteiger partial charge in [-0.25, -0.2) is 18.4 Å². The van der Waals surface area contributed by atoms with Crippen LogP contribution in [0.5, 0.6) is 0 Å². The minimum Gasteiger partial charge on any atom is -0.480 e. The molecule has 2 atom stereocenters. The van der Waals surface area contributed by atoms with E-state index in [9.17, 15) is 23.2 Å². The predicted molar refractivity (Wildman–Crippen MR) is 115 cm³/mol. The number of halogens is 2. The zero-order chi connectivity index (χ0) is 23.8. The lowest BCUT2D eigenvalue weighted by Crippen LogP contribution is -2.46. The van der Waals surface area contributed by atoms with Crippen molar-refractivity contribution in [2.45, 2.75) is 31.2 Å². The summed E-state index contributed by atoms with van der Waals surface area (Å²) in [4.78, 5) is 36.7. The fourth-order valence-corrected chi connectivity index (χ4v) is 4.53. The summed E-state index contributed by atoms with van der Waals surface area (Å²) in [5.74, 6) is -6.49. The van der Waals surface area contributed by atoms with Crippen LogP contribution in [0.1, 0.15) is 30.4 Å². The van der Waals surface area contributed by atoms with Crippen LogP contribution in [-0.2, 0) is 14.3 Å². The molecular formula is C24H24F2N2O5. The molecule has 2 N–H and O–H groups in total. The SMILES string of the molecule is CC(CNC(=O)OCC1c2ccccc2-c2ccccc21)C(=O)N1CC(F)(F)C[C@H]1C(=O)O. The molecule has 174 valence electrons. The van der Waals surface area contributed by atoms with Gasteiger partial charge in [0, 0.05) is 18.9 Å². The number of rotatable bonds is 6. The molecule has 0 radical (unpaired) electrons. The second-order valence-corrected chi connectivity index (χ2v) is 8.49. The number of benzene rings is 2. The summed E-state index contributed by atoms with van der Waals surface area (Å²) in [5.41, 5.74) is 4.31. The van der Waals surface area contributed by atoms with E-state index < -0.39 is 48.8 Å². The number of likely N-dealkylation sites (tertiary alicyclic amines) is 1. The molecule has 0 bridgehead atoms. The van der Waals surface area contributed by atoms with E-state index in [4.69, 9.17) is 9.84 Å². The molecule has 2 aromatic rings. The molecule has 1 aliphatic carbocycles. The number of hydrogen-bond acceptors (Lipinski definition) is 4. The summed E-state index contributed by atoms with van der Waals surface area (Å²) >= 11 is 0. The molecule has 1 heterocycles. The Morgan fingerprint density at radius 2 is 1.70 bits per heavy atom. The number of nitrogens with zero attached hydrogens (tertiary/aromatic N) is 1. The number of ether oxygens (including phenoxy) is 1. The highest BCUT2D eigenvalue weighted by Crippen LogP contribution is 2.44. The lowest BCUT2D eigenvalue weighted by molar-refractivity contribution is -0.149. The highest BCUT2D eigenvalue weighted by Gasteiger charge is 2.50. The average molecular weight is 458 g/mol. The fraction of sp³-hybridized carbons (Fsp3) is 0.375. The topological polar surface area (TPSA) is 95.9 Å². The molecule has 1 unspecified atom stereocenters. The van der Waals surface area contributed by atoms with E-state index in [1.807, 2.05) is 48.5 Å². The molecule has 1 saturated heterocycles. The number of alkyl carbamates (subject to hydrolysis) is 1. The molecule has 2 aliphatic rings. The van der Waals surface area contributed by atoms with Crippen LogP contribution in [0.2, 0.25) is 0 Å². The molecule has 0 saturated carbocycles. The minimum atomic E-state index is -3.25. The van der Waals surface area contributed by atoms with Crippen molar-refractivity contribution in [3.05, 3.63) is 59.7 Å². The maximum absolute atomic E-state index is 13.7. The van der Waals surface area contributed by atoms with E-state index in [2.05, 4.69) is 5.32 Å². The first-order valence-corrected chi connectivity index (χ1v) is 10.7. The molecule has 33 heavy (non-hydrogen) atoms. The van der Waals surface area contributed by atoms with Crippen molar-refractivity contribution in [3.8, 4) is 11.1 Å². The van der Waals surface area contributed by atoms with Gasteiger partial charge >= 0.3 is 12.1 Å². The monoisotopic (exact) mass is 458 g/mol. The first kappa shape index (κ1) is 22.7. The van der Waals surface area contributed by atoms with E-state index in [1.165, 1.54) is 6.92 Å². The quantitative estimate of drug-likeness (QED) is 0.691. The second kappa shape index (κ2) is 8.80. The summed E-state index contributed by atoms with van der Waals surface area (Å²) in [6.07, 6.45) is -1.65. The van der Waals surface area contributed by atoms with E-state index in [0.717, 1.165) is 22.3 Å². The number of alkyl halides is 2. The van der Waals surface area contributed by atoms with Crippen LogP contribution in [0.3, 0.4) is 0 Å². The third-order valence-electron chi connectivity index (χ3n) is 6.16. The van der Waals surface area contributed by atoms with Crippen LogP contribution >= 0.6 is 0 Å². The second-order valence-electron chi connectivity index (χ2n) is 8.49. The Bertz CT molecular complexity index is 1040. The van der Waals surface area contributed by atoms with Gasteiger partial charge in [0.1, 0.15) is 12.6 Å². The Hall–Kier alpha value is -3.49. The molecular weight excluding hydrogens is 434 g/mol. The zero-order valence-electron chi connectivity index (χ0n) is 18.0. The maximum Gasteiger partial charge on any atom is 0.407 e. The number of aliphatic carboxylic acids is 1. The lowest BCUT2D eigenvalue weighted by atomic mass is 9.98. The van der Waals surface area contributed by atoms with Crippen LogP contribution < -0.4 is 5.32 Å². The lowest BCUT2D eigenvalue weighted by Gasteiger charge is -2.24. The van der Waals surface area contributed by atoms with Gasteiger partial charge in [0.15, 0.2) is 0 Å². The molecule has 9 heteroatoms. The molecule has 0 aromatic heterocycles. The molecule has 2 aromatic carbocycles. The van der Waals surface area contributed by atoms with Crippen molar-refractivity contribution in [1.82, 2.24) is 10.2 Å². The molecule has 1 aliphatic heterocycles. The van der Waals surface area contributed by atoms with Gasteiger partial charge in [0.05, 0.1) is 12.5 Å². The van der Waals surface area contributed by atoms with Gasteiger partial charge in [0.25, 0.3) is 5.92 Å². The van der Waals surface area contributed by atoms with Crippen LogP contribution in [-0.4, -0.2) is 59.6 Å². The van der Waals surface area contributed by atoms with Gasteiger partial charge in [-0.3, -0.25) is 4.79 Å². The molecule has 1 fully saturated rings. The largest absolute Gasteiger partial charge is 0.480 e. The summed E-state index contributed by atoms with van der Waals surface area (Å²) < 4.78 is 32.7. The van der Waals surface area contributed by atoms with Crippen molar-refractivity contribution in [3.63, 3.8) is 0 Å². The third kappa shape index (κ3) is 4.53. The molecule has 4 rings (SSSR count). The average Bonchev–Trinajstić information content (AvgIpc) is 3.30. The number of carbonyl (C=O) groups excluding carboxylic acids is 2. The van der Waals surface area contributed by atoms with E-state index in [1.54, 1.807) is 0 Å². The molecule has 0 spiro atoms. The summed E-state index contributed by atoms with van der Waals surface area (Å²) in [5, 5.41) is 11.6. The van der Waals surface area contributed by atoms with Gasteiger partial charge < -0.3 is 20.1 Å². The van der Waals surface area contributed by atoms with Crippen molar-refractivity contribution < 1.29 is 33.0 Å². The first-order chi connectivity index (χ1) is 15.7. The number of carboxylic acid groups (broad SMARTS) is 1. The van der Waals surface area contributed by atoms with E-state index >= 15 is 0 Å². The normalized spacial score (nSPS) is 19.5. The van der Waals surface area contributed by atoms with Gasteiger partial charge in [-0.15, -0.1) is 0 Å². The predicted octanol–water partition coefficient (Wildman–Crippen LogP) is 3.48. The Morgan fingerprint density at radius 1 is 1.12 bits per heavy atom. The first-order valence-electron chi connectivity index (χ1n) is 10.7. The molecule has 7 nitrogen and oxygen atoms in total. The van der Waals surface area contributed by atoms with E-state index in [-0.39, 0.29) is 19.1 Å². The van der Waals surface area contributed by atoms with E-state index in [0.29, 0.717) is 4.90 Å². The summed E-state index contributed by atoms with van der Waals surface area (Å²) in [6, 6.07) is 14.2. The van der Waals surface area contributed by atoms with Crippen molar-refractivity contribution in [2.24, 2.45) is 5.92 Å². The van der Waals surface area contributed by atoms with Crippen molar-refractivity contribution >= 4 is 18.0 Å². The number of fused-ring (bicyclic) bond motifs is 3. The number of nitrogens with one attached hydrogen (secondary N) is 1. The van der Waals surface area contributed by atoms with Gasteiger partial charge in [-0.2, -0.15) is 0 Å². The van der Waals surface area contributed by atoms with Crippen LogP contribution in [0.15, 0.2) is 48.5 Å². The van der Waals surface area contributed by atoms with Crippen molar-refractivity contribution in [1.29, 1.82) is 0 Å². The standard InChI is InChI=1S/C24H24F2N2O5/c1-14(21(29)28-13-24(25,26)10-20(28)22(30)31)11-27-23(32)33-12-19-17-8-4-2-6-15(17)16-7-3-5-9-18(16)19/h2-9,14,19-20H,10-13H2,1H3,(H,27,32)(H,30,31)/t14?,20-/m0/s1. The Kier molecular flexibility index (Phi) is 6.05. The Balaban J connectivity index is 1.33. The Labute approximate surface area is 189 Å². The van der Waals surface area contributed by atoms with Crippen LogP contribution in [0.4, 0.5) is 13.6 Å². The van der Waals surface area contributed by atoms with Gasteiger partial charge in [-0.05, 0) is 22.3 Å². The highest BCUT2D eigenvalue weighted by atomic mass is 19.3. The zero-order valence-corrected chi connectivity index (χ0v) is 18.0. The van der Waals surface area contributed by atoms with Gasteiger partial charge in [0.2, 0.25) is 5.91 Å². The number of carbonyl (C=O) groups is 3. The number of carboxylic acids is 1.